The number of aliphatic hydroxyl groups excluding tert-OH is 1. The van der Waals surface area contributed by atoms with Crippen molar-refractivity contribution in [1.29, 1.82) is 0 Å². The Morgan fingerprint density at radius 3 is 2.85 bits per heavy atom. The average molecular weight is 294 g/mol. The van der Waals surface area contributed by atoms with Crippen LogP contribution >= 0.6 is 11.3 Å². The van der Waals surface area contributed by atoms with E-state index in [9.17, 15) is 9.59 Å². The van der Waals surface area contributed by atoms with Crippen LogP contribution in [0, 0.1) is 11.8 Å². The normalized spacial score (nSPS) is 9.55. The zero-order valence-corrected chi connectivity index (χ0v) is 12.4. The first-order chi connectivity index (χ1) is 9.54. The Kier molecular flexibility index (Phi) is 6.77. The maximum atomic E-state index is 11.8. The van der Waals surface area contributed by atoms with E-state index in [1.54, 1.807) is 25.5 Å². The highest BCUT2D eigenvalue weighted by Gasteiger charge is 2.09. The minimum atomic E-state index is -0.206. The van der Waals surface area contributed by atoms with Crippen LogP contribution in [0.25, 0.3) is 0 Å². The summed E-state index contributed by atoms with van der Waals surface area (Å²) >= 11 is 1.38. The SMILES string of the molecule is CN(C)C(=O)CCNC(=O)c1csc(C#CCCO)c1. The van der Waals surface area contributed by atoms with Crippen LogP contribution in [0.15, 0.2) is 11.4 Å². The Bertz CT molecular complexity index is 526. The number of carbonyl (C=O) groups is 2. The van der Waals surface area contributed by atoms with Crippen molar-refractivity contribution in [1.82, 2.24) is 10.2 Å². The monoisotopic (exact) mass is 294 g/mol. The van der Waals surface area contributed by atoms with Crippen molar-refractivity contribution in [3.8, 4) is 11.8 Å². The molecule has 108 valence electrons. The second-order valence-electron chi connectivity index (χ2n) is 4.27. The highest BCUT2D eigenvalue weighted by molar-refractivity contribution is 7.10. The smallest absolute Gasteiger partial charge is 0.252 e. The second kappa shape index (κ2) is 8.35. The molecule has 20 heavy (non-hydrogen) atoms. The fourth-order valence-corrected chi connectivity index (χ4v) is 2.09. The number of thiophene rings is 1. The van der Waals surface area contributed by atoms with Crippen LogP contribution in [0.1, 0.15) is 28.1 Å². The molecule has 0 aliphatic heterocycles. The number of rotatable bonds is 5. The first-order valence-corrected chi connectivity index (χ1v) is 7.09. The number of amides is 2. The summed E-state index contributed by atoms with van der Waals surface area (Å²) in [4.78, 5) is 25.4. The molecule has 0 atom stereocenters. The van der Waals surface area contributed by atoms with E-state index in [-0.39, 0.29) is 24.8 Å². The molecule has 1 aromatic heterocycles. The first-order valence-electron chi connectivity index (χ1n) is 6.21. The topological polar surface area (TPSA) is 69.6 Å². The van der Waals surface area contributed by atoms with Crippen LogP contribution < -0.4 is 5.32 Å². The van der Waals surface area contributed by atoms with Gasteiger partial charge in [-0.15, -0.1) is 11.3 Å². The zero-order chi connectivity index (χ0) is 15.0. The van der Waals surface area contributed by atoms with Crippen LogP contribution in [-0.4, -0.2) is 49.1 Å². The Labute approximate surface area is 122 Å². The molecule has 0 fully saturated rings. The predicted octanol–water partition coefficient (Wildman–Crippen LogP) is 0.690. The number of carbonyl (C=O) groups excluding carboxylic acids is 2. The fraction of sp³-hybridized carbons (Fsp3) is 0.429. The van der Waals surface area contributed by atoms with E-state index in [2.05, 4.69) is 17.2 Å². The molecular weight excluding hydrogens is 276 g/mol. The highest BCUT2D eigenvalue weighted by atomic mass is 32.1. The summed E-state index contributed by atoms with van der Waals surface area (Å²) < 4.78 is 0. The molecular formula is C14H18N2O3S. The number of nitrogens with zero attached hydrogens (tertiary/aromatic N) is 1. The van der Waals surface area contributed by atoms with Gasteiger partial charge in [-0.25, -0.2) is 0 Å². The van der Waals surface area contributed by atoms with Gasteiger partial charge in [-0.05, 0) is 6.07 Å². The van der Waals surface area contributed by atoms with Crippen molar-refractivity contribution in [3.05, 3.63) is 21.9 Å². The Morgan fingerprint density at radius 1 is 1.45 bits per heavy atom. The number of aliphatic hydroxyl groups is 1. The van der Waals surface area contributed by atoms with E-state index in [4.69, 9.17) is 5.11 Å². The summed E-state index contributed by atoms with van der Waals surface area (Å²) in [7, 11) is 3.36. The van der Waals surface area contributed by atoms with E-state index < -0.39 is 0 Å². The van der Waals surface area contributed by atoms with Gasteiger partial charge in [-0.2, -0.15) is 0 Å². The van der Waals surface area contributed by atoms with E-state index >= 15 is 0 Å². The van der Waals surface area contributed by atoms with Crippen LogP contribution in [0.2, 0.25) is 0 Å². The van der Waals surface area contributed by atoms with E-state index in [0.717, 1.165) is 4.88 Å². The third-order valence-corrected chi connectivity index (χ3v) is 3.28. The third-order valence-electron chi connectivity index (χ3n) is 2.43. The number of nitrogens with one attached hydrogen (secondary N) is 1. The molecule has 5 nitrogen and oxygen atoms in total. The van der Waals surface area contributed by atoms with Gasteiger partial charge in [-0.3, -0.25) is 9.59 Å². The first kappa shape index (κ1) is 16.2. The van der Waals surface area contributed by atoms with Crippen molar-refractivity contribution >= 4 is 23.2 Å². The largest absolute Gasteiger partial charge is 0.395 e. The van der Waals surface area contributed by atoms with Crippen LogP contribution in [0.3, 0.4) is 0 Å². The molecule has 2 amide bonds. The summed E-state index contributed by atoms with van der Waals surface area (Å²) in [5.74, 6) is 5.45. The quantitative estimate of drug-likeness (QED) is 0.785. The van der Waals surface area contributed by atoms with Crippen LogP contribution in [-0.2, 0) is 4.79 Å². The van der Waals surface area contributed by atoms with Gasteiger partial charge in [0.2, 0.25) is 5.91 Å². The molecule has 1 heterocycles. The molecule has 1 rings (SSSR count). The highest BCUT2D eigenvalue weighted by Crippen LogP contribution is 2.13. The van der Waals surface area contributed by atoms with Crippen LogP contribution in [0.5, 0.6) is 0 Å². The third kappa shape index (κ3) is 5.43. The van der Waals surface area contributed by atoms with Crippen molar-refractivity contribution in [2.75, 3.05) is 27.2 Å². The van der Waals surface area contributed by atoms with Gasteiger partial charge in [0, 0.05) is 38.9 Å². The molecule has 0 aromatic carbocycles. The summed E-state index contributed by atoms with van der Waals surface area (Å²) in [5, 5.41) is 13.1. The van der Waals surface area contributed by atoms with Gasteiger partial charge in [0.25, 0.3) is 5.91 Å². The van der Waals surface area contributed by atoms with Crippen molar-refractivity contribution in [3.63, 3.8) is 0 Å². The maximum Gasteiger partial charge on any atom is 0.252 e. The van der Waals surface area contributed by atoms with Gasteiger partial charge in [0.15, 0.2) is 0 Å². The second-order valence-corrected chi connectivity index (χ2v) is 5.18. The van der Waals surface area contributed by atoms with Gasteiger partial charge in [-0.1, -0.05) is 11.8 Å². The molecule has 0 saturated carbocycles. The molecule has 6 heteroatoms. The molecule has 0 saturated heterocycles. The maximum absolute atomic E-state index is 11.8. The fourth-order valence-electron chi connectivity index (χ4n) is 1.34. The van der Waals surface area contributed by atoms with Crippen molar-refractivity contribution in [2.24, 2.45) is 0 Å². The summed E-state index contributed by atoms with van der Waals surface area (Å²) in [5.41, 5.74) is 0.542. The zero-order valence-electron chi connectivity index (χ0n) is 11.6. The Hall–Kier alpha value is -1.84. The molecule has 0 radical (unpaired) electrons. The summed E-state index contributed by atoms with van der Waals surface area (Å²) in [6.07, 6.45) is 0.706. The van der Waals surface area contributed by atoms with Gasteiger partial charge in [0.05, 0.1) is 17.0 Å². The van der Waals surface area contributed by atoms with Crippen molar-refractivity contribution < 1.29 is 14.7 Å². The lowest BCUT2D eigenvalue weighted by Gasteiger charge is -2.10. The Balaban J connectivity index is 2.45. The minimum Gasteiger partial charge on any atom is -0.395 e. The summed E-state index contributed by atoms with van der Waals surface area (Å²) in [6, 6.07) is 1.71. The van der Waals surface area contributed by atoms with Gasteiger partial charge in [0.1, 0.15) is 0 Å². The molecule has 0 aliphatic rings. The van der Waals surface area contributed by atoms with E-state index in [0.29, 0.717) is 18.5 Å². The molecule has 0 spiro atoms. The van der Waals surface area contributed by atoms with E-state index in [1.165, 1.54) is 16.2 Å². The van der Waals surface area contributed by atoms with Gasteiger partial charge < -0.3 is 15.3 Å². The summed E-state index contributed by atoms with van der Waals surface area (Å²) in [6.45, 7) is 0.350. The molecule has 2 N–H and O–H groups in total. The molecule has 0 aliphatic carbocycles. The molecule has 0 bridgehead atoms. The van der Waals surface area contributed by atoms with Crippen LogP contribution in [0.4, 0.5) is 0 Å². The standard InChI is InChI=1S/C14H18N2O3S/c1-16(2)13(18)6-7-15-14(19)11-9-12(20-10-11)5-3-4-8-17/h9-10,17H,4,6-8H2,1-2H3,(H,15,19). The molecule has 1 aromatic rings. The van der Waals surface area contributed by atoms with Gasteiger partial charge >= 0.3 is 0 Å². The average Bonchev–Trinajstić information content (AvgIpc) is 2.87. The lowest BCUT2D eigenvalue weighted by atomic mass is 10.2. The Morgan fingerprint density at radius 2 is 2.20 bits per heavy atom. The van der Waals surface area contributed by atoms with E-state index in [1.807, 2.05) is 0 Å². The number of hydrogen-bond donors (Lipinski definition) is 2. The lowest BCUT2D eigenvalue weighted by molar-refractivity contribution is -0.128. The predicted molar refractivity (Wildman–Crippen MR) is 78.5 cm³/mol. The number of hydrogen-bond acceptors (Lipinski definition) is 4. The minimum absolute atomic E-state index is 0.0221. The molecule has 0 unspecified atom stereocenters. The lowest BCUT2D eigenvalue weighted by Crippen LogP contribution is -2.29. The van der Waals surface area contributed by atoms with Crippen molar-refractivity contribution in [2.45, 2.75) is 12.8 Å².